The fourth-order valence-electron chi connectivity index (χ4n) is 1.50. The smallest absolute Gasteiger partial charge is 0.394 e. The third-order valence-corrected chi connectivity index (χ3v) is 12.8. The number of benzene rings is 2. The van der Waals surface area contributed by atoms with E-state index in [-0.39, 0.29) is 11.5 Å². The molecule has 4 nitrogen and oxygen atoms in total. The van der Waals surface area contributed by atoms with E-state index in [1.165, 1.54) is 6.07 Å². The van der Waals surface area contributed by atoms with E-state index in [9.17, 15) is 9.46 Å². The first kappa shape index (κ1) is 23.3. The first-order chi connectivity index (χ1) is 11.5. The Labute approximate surface area is 210 Å². The van der Waals surface area contributed by atoms with Crippen molar-refractivity contribution in [3.8, 4) is 11.5 Å². The molecule has 0 heterocycles. The minimum atomic E-state index is -4.49. The fourth-order valence-corrected chi connectivity index (χ4v) is 7.25. The molecule has 25 heavy (non-hydrogen) atoms. The minimum absolute atomic E-state index is 0.0973. The molecule has 0 aliphatic carbocycles. The summed E-state index contributed by atoms with van der Waals surface area (Å²) in [6, 6.07) is 3.20. The van der Waals surface area contributed by atoms with E-state index in [1.54, 1.807) is 6.07 Å². The Morgan fingerprint density at radius 1 is 0.680 bits per heavy atom. The summed E-state index contributed by atoms with van der Waals surface area (Å²) in [5.74, 6) is 0.239. The number of rotatable bonds is 4. The Hall–Kier alpha value is 2.07. The number of phosphoric acid groups is 1. The highest BCUT2D eigenvalue weighted by Crippen LogP contribution is 2.55. The van der Waals surface area contributed by atoms with Crippen LogP contribution in [0.4, 0.5) is 0 Å². The highest BCUT2D eigenvalue weighted by Gasteiger charge is 2.31. The third-order valence-electron chi connectivity index (χ3n) is 2.59. The van der Waals surface area contributed by atoms with Gasteiger partial charge in [-0.3, -0.25) is 4.89 Å². The molecule has 0 aliphatic heterocycles. The number of hydrogen-bond acceptors (Lipinski definition) is 3. The van der Waals surface area contributed by atoms with Crippen LogP contribution in [0.5, 0.6) is 11.5 Å². The zero-order valence-electron chi connectivity index (χ0n) is 11.3. The molecule has 0 amide bonds. The van der Waals surface area contributed by atoms with Crippen LogP contribution in [0.15, 0.2) is 47.9 Å². The van der Waals surface area contributed by atoms with Gasteiger partial charge in [0.05, 0.1) is 22.4 Å². The molecule has 0 aromatic heterocycles. The SMILES string of the molecule is O=P(O)(Oc1ccc(Br)c(Br)c1Br)Oc1c(Br)c(Br)c(Br)c(Br)c1Br. The van der Waals surface area contributed by atoms with Crippen molar-refractivity contribution in [1.82, 2.24) is 0 Å². The van der Waals surface area contributed by atoms with Crippen LogP contribution in [0.3, 0.4) is 0 Å². The molecular formula is C12H3Br8O4P. The summed E-state index contributed by atoms with van der Waals surface area (Å²) in [7, 11) is -4.49. The Bertz CT molecular complexity index is 874. The molecular weight excluding hydrogens is 878 g/mol. The number of hydrogen-bond donors (Lipinski definition) is 1. The van der Waals surface area contributed by atoms with Crippen molar-refractivity contribution in [2.24, 2.45) is 0 Å². The summed E-state index contributed by atoms with van der Waals surface area (Å²) in [6.07, 6.45) is 0. The summed E-state index contributed by atoms with van der Waals surface area (Å²) in [6.45, 7) is 0. The van der Waals surface area contributed by atoms with Crippen molar-refractivity contribution in [2.75, 3.05) is 0 Å². The van der Waals surface area contributed by atoms with Gasteiger partial charge in [0.25, 0.3) is 0 Å². The molecule has 0 saturated heterocycles. The molecule has 2 aromatic rings. The second kappa shape index (κ2) is 9.26. The van der Waals surface area contributed by atoms with E-state index in [0.717, 1.165) is 4.47 Å². The number of phosphoric ester groups is 1. The van der Waals surface area contributed by atoms with Gasteiger partial charge < -0.3 is 9.05 Å². The van der Waals surface area contributed by atoms with Gasteiger partial charge in [-0.1, -0.05) is 0 Å². The van der Waals surface area contributed by atoms with Gasteiger partial charge in [-0.2, -0.15) is 0 Å². The van der Waals surface area contributed by atoms with E-state index in [4.69, 9.17) is 9.05 Å². The van der Waals surface area contributed by atoms with Crippen molar-refractivity contribution >= 4 is 135 Å². The maximum Gasteiger partial charge on any atom is 0.585 e. The van der Waals surface area contributed by atoms with E-state index in [1.807, 2.05) is 0 Å². The van der Waals surface area contributed by atoms with E-state index in [0.29, 0.717) is 31.3 Å². The van der Waals surface area contributed by atoms with Crippen molar-refractivity contribution in [3.05, 3.63) is 47.9 Å². The first-order valence-electron chi connectivity index (χ1n) is 5.83. The van der Waals surface area contributed by atoms with Gasteiger partial charge in [0.1, 0.15) is 5.75 Å². The van der Waals surface area contributed by atoms with Gasteiger partial charge in [-0.05, 0) is 140 Å². The maximum atomic E-state index is 12.5. The lowest BCUT2D eigenvalue weighted by Gasteiger charge is -2.19. The van der Waals surface area contributed by atoms with Crippen molar-refractivity contribution in [3.63, 3.8) is 0 Å². The Morgan fingerprint density at radius 2 is 1.16 bits per heavy atom. The van der Waals surface area contributed by atoms with Crippen LogP contribution in [-0.4, -0.2) is 4.89 Å². The summed E-state index contributed by atoms with van der Waals surface area (Å²) >= 11 is 26.7. The van der Waals surface area contributed by atoms with Gasteiger partial charge in [0.2, 0.25) is 0 Å². The zero-order chi connectivity index (χ0) is 19.1. The second-order valence-corrected chi connectivity index (χ2v) is 11.9. The first-order valence-corrected chi connectivity index (χ1v) is 13.7. The molecule has 0 bridgehead atoms. The average molecular weight is 881 g/mol. The summed E-state index contributed by atoms with van der Waals surface area (Å²) in [5, 5.41) is 0. The van der Waals surface area contributed by atoms with Gasteiger partial charge in [-0.25, -0.2) is 4.57 Å². The summed E-state index contributed by atoms with van der Waals surface area (Å²) in [5.41, 5.74) is 0. The van der Waals surface area contributed by atoms with Crippen LogP contribution in [0.2, 0.25) is 0 Å². The largest absolute Gasteiger partial charge is 0.585 e. The quantitative estimate of drug-likeness (QED) is 0.189. The van der Waals surface area contributed by atoms with Crippen LogP contribution in [0.25, 0.3) is 0 Å². The van der Waals surface area contributed by atoms with Gasteiger partial charge >= 0.3 is 7.82 Å². The Morgan fingerprint density at radius 3 is 1.68 bits per heavy atom. The Kier molecular flexibility index (Phi) is 8.65. The summed E-state index contributed by atoms with van der Waals surface area (Å²) < 4.78 is 27.6. The average Bonchev–Trinajstić information content (AvgIpc) is 2.55. The lowest BCUT2D eigenvalue weighted by atomic mass is 10.3. The molecule has 0 fully saturated rings. The molecule has 0 spiro atoms. The standard InChI is InChI=1S/C12H3Br8O4P/c13-3-1-2-4(6(15)5(3)14)23-25(21,22)24-12-10(19)8(17)7(16)9(18)11(12)20/h1-2H,(H,21,22). The summed E-state index contributed by atoms with van der Waals surface area (Å²) in [4.78, 5) is 10.2. The van der Waals surface area contributed by atoms with Crippen LogP contribution < -0.4 is 9.05 Å². The molecule has 0 saturated carbocycles. The van der Waals surface area contributed by atoms with Crippen molar-refractivity contribution < 1.29 is 18.5 Å². The van der Waals surface area contributed by atoms with Crippen molar-refractivity contribution in [2.45, 2.75) is 0 Å². The second-order valence-electron chi connectivity index (χ2n) is 4.22. The van der Waals surface area contributed by atoms with Crippen LogP contribution in [-0.2, 0) is 4.57 Å². The molecule has 1 atom stereocenters. The van der Waals surface area contributed by atoms with Gasteiger partial charge in [0.15, 0.2) is 5.75 Å². The fraction of sp³-hybridized carbons (Fsp3) is 0. The maximum absolute atomic E-state index is 12.5. The minimum Gasteiger partial charge on any atom is -0.394 e. The molecule has 136 valence electrons. The normalized spacial score (nSPS) is 13.5. The van der Waals surface area contributed by atoms with E-state index < -0.39 is 7.82 Å². The molecule has 13 heteroatoms. The predicted molar refractivity (Wildman–Crippen MR) is 126 cm³/mol. The lowest BCUT2D eigenvalue weighted by Crippen LogP contribution is -2.02. The highest BCUT2D eigenvalue weighted by molar-refractivity contribution is 9.16. The molecule has 2 rings (SSSR count). The van der Waals surface area contributed by atoms with Crippen LogP contribution >= 0.6 is 135 Å². The van der Waals surface area contributed by atoms with Gasteiger partial charge in [-0.15, -0.1) is 0 Å². The molecule has 0 radical (unpaired) electrons. The lowest BCUT2D eigenvalue weighted by molar-refractivity contribution is 0.289. The van der Waals surface area contributed by atoms with Crippen LogP contribution in [0.1, 0.15) is 0 Å². The van der Waals surface area contributed by atoms with E-state index in [2.05, 4.69) is 127 Å². The Balaban J connectivity index is 2.41. The molecule has 1 unspecified atom stereocenters. The van der Waals surface area contributed by atoms with Crippen molar-refractivity contribution in [1.29, 1.82) is 0 Å². The zero-order valence-corrected chi connectivity index (χ0v) is 24.9. The highest BCUT2D eigenvalue weighted by atomic mass is 79.9. The van der Waals surface area contributed by atoms with E-state index >= 15 is 0 Å². The topological polar surface area (TPSA) is 55.8 Å². The molecule has 1 N–H and O–H groups in total. The monoisotopic (exact) mass is 873 g/mol. The number of halogens is 8. The van der Waals surface area contributed by atoms with Crippen LogP contribution in [0, 0.1) is 0 Å². The predicted octanol–water partition coefficient (Wildman–Crippen LogP) is 9.34. The molecule has 2 aromatic carbocycles. The third kappa shape index (κ3) is 5.36. The molecule has 0 aliphatic rings. The van der Waals surface area contributed by atoms with Gasteiger partial charge in [0, 0.05) is 13.4 Å².